The summed E-state index contributed by atoms with van der Waals surface area (Å²) in [5.74, 6) is 0. The molecule has 2 aromatic rings. The van der Waals surface area contributed by atoms with Gasteiger partial charge in [0, 0.05) is 24.5 Å². The molecule has 0 amide bonds. The maximum absolute atomic E-state index is 12.1. The molecule has 0 N–H and O–H groups in total. The summed E-state index contributed by atoms with van der Waals surface area (Å²) in [6, 6.07) is 8.90. The fourth-order valence-corrected chi connectivity index (χ4v) is 2.86. The predicted molar refractivity (Wildman–Crippen MR) is 81.0 cm³/mol. The molecule has 5 heteroatoms. The van der Waals surface area contributed by atoms with Gasteiger partial charge in [-0.25, -0.2) is 4.98 Å². The van der Waals surface area contributed by atoms with Crippen LogP contribution in [-0.2, 0) is 6.54 Å². The number of aromatic nitrogens is 2. The first-order chi connectivity index (χ1) is 10.3. The largest absolute Gasteiger partial charge is 0.302 e. The van der Waals surface area contributed by atoms with Gasteiger partial charge in [-0.3, -0.25) is 9.36 Å². The monoisotopic (exact) mass is 282 g/mol. The average molecular weight is 282 g/mol. The van der Waals surface area contributed by atoms with Crippen molar-refractivity contribution in [3.05, 3.63) is 40.3 Å². The van der Waals surface area contributed by atoms with E-state index in [2.05, 4.69) is 9.88 Å². The summed E-state index contributed by atoms with van der Waals surface area (Å²) in [5.41, 5.74) is 0.903. The van der Waals surface area contributed by atoms with E-state index >= 15 is 0 Å². The Morgan fingerprint density at radius 3 is 2.62 bits per heavy atom. The molecule has 0 radical (unpaired) electrons. The van der Waals surface area contributed by atoms with Crippen molar-refractivity contribution in [3.8, 4) is 6.07 Å². The van der Waals surface area contributed by atoms with E-state index in [0.717, 1.165) is 25.0 Å². The number of pyridine rings is 2. The highest BCUT2D eigenvalue weighted by Gasteiger charge is 2.11. The summed E-state index contributed by atoms with van der Waals surface area (Å²) >= 11 is 0. The summed E-state index contributed by atoms with van der Waals surface area (Å²) in [7, 11) is 0. The molecule has 3 rings (SSSR count). The van der Waals surface area contributed by atoms with E-state index in [-0.39, 0.29) is 5.56 Å². The van der Waals surface area contributed by atoms with Crippen LogP contribution in [0.2, 0.25) is 0 Å². The van der Waals surface area contributed by atoms with Gasteiger partial charge in [0.05, 0.1) is 0 Å². The summed E-state index contributed by atoms with van der Waals surface area (Å²) in [4.78, 5) is 18.8. The predicted octanol–water partition coefficient (Wildman–Crippen LogP) is 1.75. The van der Waals surface area contributed by atoms with Gasteiger partial charge in [-0.1, -0.05) is 6.42 Å². The van der Waals surface area contributed by atoms with Crippen LogP contribution < -0.4 is 5.56 Å². The zero-order valence-electron chi connectivity index (χ0n) is 12.0. The Bertz CT molecular complexity index is 738. The molecule has 1 aliphatic rings. The van der Waals surface area contributed by atoms with Crippen LogP contribution in [0.1, 0.15) is 25.0 Å². The third-order valence-corrected chi connectivity index (χ3v) is 4.04. The molecule has 2 aromatic heterocycles. The first kappa shape index (κ1) is 13.8. The molecule has 0 bridgehead atoms. The van der Waals surface area contributed by atoms with Crippen LogP contribution in [0.4, 0.5) is 0 Å². The number of likely N-dealkylation sites (tertiary alicyclic amines) is 1. The van der Waals surface area contributed by atoms with E-state index in [1.807, 2.05) is 12.1 Å². The normalized spacial score (nSPS) is 16.0. The third-order valence-electron chi connectivity index (χ3n) is 4.04. The van der Waals surface area contributed by atoms with Crippen LogP contribution in [0.5, 0.6) is 0 Å². The molecule has 0 spiro atoms. The highest BCUT2D eigenvalue weighted by atomic mass is 16.1. The van der Waals surface area contributed by atoms with Gasteiger partial charge in [-0.05, 0) is 44.1 Å². The zero-order valence-corrected chi connectivity index (χ0v) is 12.0. The van der Waals surface area contributed by atoms with Crippen LogP contribution in [0.3, 0.4) is 0 Å². The number of nitrogens with zero attached hydrogens (tertiary/aromatic N) is 4. The van der Waals surface area contributed by atoms with Crippen LogP contribution in [0.15, 0.2) is 29.1 Å². The number of hydrogen-bond donors (Lipinski definition) is 0. The average Bonchev–Trinajstić information content (AvgIpc) is 2.54. The molecular formula is C16H18N4O. The van der Waals surface area contributed by atoms with E-state index in [1.54, 1.807) is 22.8 Å². The van der Waals surface area contributed by atoms with Crippen molar-refractivity contribution in [1.29, 1.82) is 5.26 Å². The summed E-state index contributed by atoms with van der Waals surface area (Å²) < 4.78 is 1.69. The Balaban J connectivity index is 1.90. The number of piperidine rings is 1. The summed E-state index contributed by atoms with van der Waals surface area (Å²) in [6.45, 7) is 3.70. The highest BCUT2D eigenvalue weighted by molar-refractivity contribution is 5.75. The van der Waals surface area contributed by atoms with Crippen LogP contribution in [-0.4, -0.2) is 34.1 Å². The second-order valence-electron chi connectivity index (χ2n) is 5.45. The Hall–Kier alpha value is -2.19. The maximum Gasteiger partial charge on any atom is 0.252 e. The number of fused-ring (bicyclic) bond motifs is 1. The van der Waals surface area contributed by atoms with Crippen LogP contribution in [0.25, 0.3) is 11.0 Å². The minimum Gasteiger partial charge on any atom is -0.302 e. The standard InChI is InChI=1S/C16H18N4O/c17-12-14-6-4-13-5-7-15(21)20(16(13)18-14)11-10-19-8-2-1-3-9-19/h4-7H,1-3,8-11H2. The lowest BCUT2D eigenvalue weighted by Crippen LogP contribution is -2.34. The van der Waals surface area contributed by atoms with E-state index in [0.29, 0.717) is 17.9 Å². The van der Waals surface area contributed by atoms with Gasteiger partial charge < -0.3 is 4.90 Å². The molecule has 1 saturated heterocycles. The molecule has 0 saturated carbocycles. The SMILES string of the molecule is N#Cc1ccc2ccc(=O)n(CCN3CCCCC3)c2n1. The molecule has 3 heterocycles. The zero-order chi connectivity index (χ0) is 14.7. The minimum atomic E-state index is -0.0536. The number of rotatable bonds is 3. The van der Waals surface area contributed by atoms with Crippen molar-refractivity contribution in [2.45, 2.75) is 25.8 Å². The quantitative estimate of drug-likeness (QED) is 0.860. The molecular weight excluding hydrogens is 264 g/mol. The molecule has 108 valence electrons. The van der Waals surface area contributed by atoms with Gasteiger partial charge in [-0.15, -0.1) is 0 Å². The van der Waals surface area contributed by atoms with Crippen LogP contribution in [0, 0.1) is 11.3 Å². The summed E-state index contributed by atoms with van der Waals surface area (Å²) in [5, 5.41) is 9.88. The Morgan fingerprint density at radius 2 is 1.86 bits per heavy atom. The van der Waals surface area contributed by atoms with Gasteiger partial charge in [-0.2, -0.15) is 5.26 Å². The maximum atomic E-state index is 12.1. The molecule has 1 fully saturated rings. The van der Waals surface area contributed by atoms with Crippen LogP contribution >= 0.6 is 0 Å². The number of nitriles is 1. The third kappa shape index (κ3) is 2.96. The Labute approximate surface area is 123 Å². The lowest BCUT2D eigenvalue weighted by molar-refractivity contribution is 0.221. The van der Waals surface area contributed by atoms with Gasteiger partial charge in [0.2, 0.25) is 0 Å². The number of hydrogen-bond acceptors (Lipinski definition) is 4. The Kier molecular flexibility index (Phi) is 3.98. The highest BCUT2D eigenvalue weighted by Crippen LogP contribution is 2.12. The minimum absolute atomic E-state index is 0.0536. The molecule has 0 aliphatic carbocycles. The second-order valence-corrected chi connectivity index (χ2v) is 5.45. The topological polar surface area (TPSA) is 61.9 Å². The van der Waals surface area contributed by atoms with Gasteiger partial charge in [0.15, 0.2) is 0 Å². The van der Waals surface area contributed by atoms with Crippen molar-refractivity contribution >= 4 is 11.0 Å². The van der Waals surface area contributed by atoms with E-state index in [4.69, 9.17) is 5.26 Å². The van der Waals surface area contributed by atoms with Crippen molar-refractivity contribution in [3.63, 3.8) is 0 Å². The van der Waals surface area contributed by atoms with Crippen molar-refractivity contribution in [2.24, 2.45) is 0 Å². The first-order valence-electron chi connectivity index (χ1n) is 7.41. The molecule has 1 aliphatic heterocycles. The molecule has 5 nitrogen and oxygen atoms in total. The summed E-state index contributed by atoms with van der Waals surface area (Å²) in [6.07, 6.45) is 3.78. The lowest BCUT2D eigenvalue weighted by Gasteiger charge is -2.26. The molecule has 0 atom stereocenters. The fourth-order valence-electron chi connectivity index (χ4n) is 2.86. The molecule has 0 unspecified atom stereocenters. The van der Waals surface area contributed by atoms with Gasteiger partial charge in [0.1, 0.15) is 17.4 Å². The fraction of sp³-hybridized carbons (Fsp3) is 0.438. The van der Waals surface area contributed by atoms with E-state index in [1.165, 1.54) is 19.3 Å². The van der Waals surface area contributed by atoms with E-state index < -0.39 is 0 Å². The van der Waals surface area contributed by atoms with Gasteiger partial charge in [0.25, 0.3) is 5.56 Å². The van der Waals surface area contributed by atoms with Crippen molar-refractivity contribution in [1.82, 2.24) is 14.5 Å². The second kappa shape index (κ2) is 6.06. The lowest BCUT2D eigenvalue weighted by atomic mass is 10.1. The van der Waals surface area contributed by atoms with Crippen molar-refractivity contribution in [2.75, 3.05) is 19.6 Å². The van der Waals surface area contributed by atoms with E-state index in [9.17, 15) is 4.79 Å². The molecule has 0 aromatic carbocycles. The Morgan fingerprint density at radius 1 is 1.10 bits per heavy atom. The van der Waals surface area contributed by atoms with Crippen molar-refractivity contribution < 1.29 is 0 Å². The first-order valence-corrected chi connectivity index (χ1v) is 7.41. The van der Waals surface area contributed by atoms with Gasteiger partial charge >= 0.3 is 0 Å². The molecule has 21 heavy (non-hydrogen) atoms. The smallest absolute Gasteiger partial charge is 0.252 e.